The fourth-order valence-corrected chi connectivity index (χ4v) is 1.63. The topological polar surface area (TPSA) is 100.0 Å². The Morgan fingerprint density at radius 3 is 3.00 bits per heavy atom. The van der Waals surface area contributed by atoms with Gasteiger partial charge in [-0.3, -0.25) is 5.41 Å². The minimum absolute atomic E-state index is 0.0558. The van der Waals surface area contributed by atoms with Crippen LogP contribution in [-0.4, -0.2) is 27.8 Å². The second kappa shape index (κ2) is 3.82. The van der Waals surface area contributed by atoms with Gasteiger partial charge in [0.2, 0.25) is 0 Å². The summed E-state index contributed by atoms with van der Waals surface area (Å²) in [5.74, 6) is 0.436. The number of hydrogen-bond donors (Lipinski definition) is 4. The van der Waals surface area contributed by atoms with E-state index >= 15 is 0 Å². The molecule has 0 bridgehead atoms. The standard InChI is InChI=1S/C10H13N5O/c1-13-5-8-14-9-6(10(11)12)3-2-4-7(9)15(8)16/h2-4,13,16H,5H2,1H3,(H3,11,12). The summed E-state index contributed by atoms with van der Waals surface area (Å²) in [6.07, 6.45) is 0. The van der Waals surface area contributed by atoms with Gasteiger partial charge in [-0.1, -0.05) is 6.07 Å². The van der Waals surface area contributed by atoms with Gasteiger partial charge in [0.1, 0.15) is 16.9 Å². The number of aromatic nitrogens is 2. The maximum absolute atomic E-state index is 9.83. The van der Waals surface area contributed by atoms with E-state index in [4.69, 9.17) is 11.1 Å². The highest BCUT2D eigenvalue weighted by Crippen LogP contribution is 2.18. The molecule has 0 unspecified atom stereocenters. The number of hydrogen-bond acceptors (Lipinski definition) is 4. The van der Waals surface area contributed by atoms with Crippen LogP contribution in [0.1, 0.15) is 11.4 Å². The predicted octanol–water partition coefficient (Wildman–Crippen LogP) is 0.277. The molecule has 1 aromatic carbocycles. The molecule has 6 heteroatoms. The van der Waals surface area contributed by atoms with E-state index in [-0.39, 0.29) is 5.84 Å². The van der Waals surface area contributed by atoms with E-state index in [0.717, 1.165) is 4.73 Å². The number of para-hydroxylation sites is 1. The van der Waals surface area contributed by atoms with Gasteiger partial charge in [-0.25, -0.2) is 4.98 Å². The lowest BCUT2D eigenvalue weighted by atomic mass is 10.2. The number of rotatable bonds is 3. The first kappa shape index (κ1) is 10.4. The molecular weight excluding hydrogens is 206 g/mol. The highest BCUT2D eigenvalue weighted by molar-refractivity contribution is 6.05. The summed E-state index contributed by atoms with van der Waals surface area (Å²) in [6.45, 7) is 0.447. The first-order valence-corrected chi connectivity index (χ1v) is 4.83. The molecule has 0 aliphatic heterocycles. The number of amidine groups is 1. The van der Waals surface area contributed by atoms with Crippen LogP contribution in [0.15, 0.2) is 18.2 Å². The Morgan fingerprint density at radius 2 is 2.38 bits per heavy atom. The Balaban J connectivity index is 2.70. The molecule has 0 spiro atoms. The molecule has 2 aromatic rings. The van der Waals surface area contributed by atoms with E-state index < -0.39 is 0 Å². The summed E-state index contributed by atoms with van der Waals surface area (Å²) in [5, 5.41) is 20.2. The molecule has 6 nitrogen and oxygen atoms in total. The van der Waals surface area contributed by atoms with Crippen molar-refractivity contribution in [2.24, 2.45) is 5.73 Å². The molecule has 0 saturated carbocycles. The summed E-state index contributed by atoms with van der Waals surface area (Å²) in [4.78, 5) is 4.25. The summed E-state index contributed by atoms with van der Waals surface area (Å²) in [7, 11) is 1.77. The number of nitrogens with one attached hydrogen (secondary N) is 2. The van der Waals surface area contributed by atoms with Crippen LogP contribution in [0.5, 0.6) is 0 Å². The normalized spacial score (nSPS) is 10.8. The molecule has 5 N–H and O–H groups in total. The van der Waals surface area contributed by atoms with Gasteiger partial charge in [-0.05, 0) is 19.2 Å². The van der Waals surface area contributed by atoms with E-state index in [1.54, 1.807) is 25.2 Å². The van der Waals surface area contributed by atoms with Crippen molar-refractivity contribution in [2.45, 2.75) is 6.54 Å². The van der Waals surface area contributed by atoms with Crippen molar-refractivity contribution in [3.8, 4) is 0 Å². The minimum Gasteiger partial charge on any atom is -0.427 e. The summed E-state index contributed by atoms with van der Waals surface area (Å²) < 4.78 is 1.01. The Kier molecular flexibility index (Phi) is 2.49. The number of fused-ring (bicyclic) bond motifs is 1. The van der Waals surface area contributed by atoms with Gasteiger partial charge in [-0.15, -0.1) is 0 Å². The third kappa shape index (κ3) is 1.49. The Bertz CT molecular complexity index is 545. The molecule has 0 aliphatic carbocycles. The zero-order valence-electron chi connectivity index (χ0n) is 8.86. The van der Waals surface area contributed by atoms with Crippen LogP contribution in [0.2, 0.25) is 0 Å². The zero-order valence-corrected chi connectivity index (χ0v) is 8.86. The van der Waals surface area contributed by atoms with E-state index in [1.807, 2.05) is 0 Å². The molecule has 0 atom stereocenters. The van der Waals surface area contributed by atoms with Gasteiger partial charge in [-0.2, -0.15) is 4.73 Å². The number of imidazole rings is 1. The Morgan fingerprint density at radius 1 is 1.62 bits per heavy atom. The fraction of sp³-hybridized carbons (Fsp3) is 0.200. The first-order chi connectivity index (χ1) is 7.65. The van der Waals surface area contributed by atoms with Crippen molar-refractivity contribution in [1.82, 2.24) is 15.0 Å². The third-order valence-electron chi connectivity index (χ3n) is 2.35. The highest BCUT2D eigenvalue weighted by Gasteiger charge is 2.13. The van der Waals surface area contributed by atoms with Crippen LogP contribution in [0.4, 0.5) is 0 Å². The Hall–Kier alpha value is -2.08. The molecule has 0 aliphatic rings. The van der Waals surface area contributed by atoms with Crippen LogP contribution >= 0.6 is 0 Å². The molecule has 0 fully saturated rings. The average Bonchev–Trinajstić information content (AvgIpc) is 2.57. The molecule has 1 aromatic heterocycles. The highest BCUT2D eigenvalue weighted by atomic mass is 16.5. The first-order valence-electron chi connectivity index (χ1n) is 4.83. The molecule has 0 amide bonds. The molecule has 1 heterocycles. The second-order valence-electron chi connectivity index (χ2n) is 3.46. The quantitative estimate of drug-likeness (QED) is 0.338. The van der Waals surface area contributed by atoms with Gasteiger partial charge in [0, 0.05) is 5.56 Å². The maximum atomic E-state index is 9.83. The van der Waals surface area contributed by atoms with E-state index in [1.165, 1.54) is 0 Å². The molecule has 16 heavy (non-hydrogen) atoms. The van der Waals surface area contributed by atoms with Crippen LogP contribution in [0, 0.1) is 5.41 Å². The zero-order chi connectivity index (χ0) is 11.7. The van der Waals surface area contributed by atoms with E-state index in [0.29, 0.717) is 29.0 Å². The van der Waals surface area contributed by atoms with Crippen molar-refractivity contribution in [1.29, 1.82) is 5.41 Å². The van der Waals surface area contributed by atoms with Crippen LogP contribution in [0.25, 0.3) is 11.0 Å². The molecule has 0 radical (unpaired) electrons. The maximum Gasteiger partial charge on any atom is 0.159 e. The molecular formula is C10H13N5O. The van der Waals surface area contributed by atoms with Gasteiger partial charge < -0.3 is 16.3 Å². The van der Waals surface area contributed by atoms with Crippen molar-refractivity contribution in [3.63, 3.8) is 0 Å². The van der Waals surface area contributed by atoms with Crippen LogP contribution in [-0.2, 0) is 6.54 Å². The van der Waals surface area contributed by atoms with Crippen molar-refractivity contribution in [2.75, 3.05) is 7.05 Å². The van der Waals surface area contributed by atoms with Crippen molar-refractivity contribution >= 4 is 16.9 Å². The lowest BCUT2D eigenvalue weighted by Gasteiger charge is -1.99. The van der Waals surface area contributed by atoms with Gasteiger partial charge in [0.25, 0.3) is 0 Å². The fourth-order valence-electron chi connectivity index (χ4n) is 1.63. The van der Waals surface area contributed by atoms with Gasteiger partial charge in [0.05, 0.1) is 6.54 Å². The van der Waals surface area contributed by atoms with Crippen LogP contribution in [0.3, 0.4) is 0 Å². The summed E-state index contributed by atoms with van der Waals surface area (Å²) >= 11 is 0. The summed E-state index contributed by atoms with van der Waals surface area (Å²) in [6, 6.07) is 5.17. The van der Waals surface area contributed by atoms with E-state index in [9.17, 15) is 5.21 Å². The third-order valence-corrected chi connectivity index (χ3v) is 2.35. The monoisotopic (exact) mass is 219 g/mol. The lowest BCUT2D eigenvalue weighted by molar-refractivity contribution is 0.186. The van der Waals surface area contributed by atoms with Gasteiger partial charge in [0.15, 0.2) is 5.82 Å². The molecule has 2 rings (SSSR count). The van der Waals surface area contributed by atoms with E-state index in [2.05, 4.69) is 10.3 Å². The van der Waals surface area contributed by atoms with Crippen molar-refractivity contribution < 1.29 is 5.21 Å². The Labute approximate surface area is 92.2 Å². The smallest absolute Gasteiger partial charge is 0.159 e. The number of nitrogen functional groups attached to an aromatic ring is 1. The molecule has 84 valence electrons. The minimum atomic E-state index is -0.0558. The van der Waals surface area contributed by atoms with Crippen molar-refractivity contribution in [3.05, 3.63) is 29.6 Å². The average molecular weight is 219 g/mol. The second-order valence-corrected chi connectivity index (χ2v) is 3.46. The number of benzene rings is 1. The summed E-state index contributed by atoms with van der Waals surface area (Å²) in [5.41, 5.74) is 7.08. The number of nitrogens with two attached hydrogens (primary N) is 1. The van der Waals surface area contributed by atoms with Gasteiger partial charge >= 0.3 is 0 Å². The van der Waals surface area contributed by atoms with Crippen LogP contribution < -0.4 is 11.1 Å². The predicted molar refractivity (Wildman–Crippen MR) is 60.7 cm³/mol. The largest absolute Gasteiger partial charge is 0.427 e. The SMILES string of the molecule is CNCc1nc2c(C(=N)N)cccc2n1O. The number of nitrogens with zero attached hydrogens (tertiary/aromatic N) is 2. The lowest BCUT2D eigenvalue weighted by Crippen LogP contribution is -2.11. The molecule has 0 saturated heterocycles.